The van der Waals surface area contributed by atoms with E-state index in [-0.39, 0.29) is 0 Å². The average Bonchev–Trinajstić information content (AvgIpc) is 3.27. The van der Waals surface area contributed by atoms with E-state index in [9.17, 15) is 13.2 Å². The Morgan fingerprint density at radius 2 is 1.45 bits per heavy atom. The zero-order valence-corrected chi connectivity index (χ0v) is 19.2. The number of benzene rings is 2. The van der Waals surface area contributed by atoms with Gasteiger partial charge in [-0.2, -0.15) is 13.2 Å². The lowest BCUT2D eigenvalue weighted by molar-refractivity contribution is -0.137. The van der Waals surface area contributed by atoms with Crippen molar-refractivity contribution in [1.29, 1.82) is 0 Å². The van der Waals surface area contributed by atoms with Crippen molar-refractivity contribution in [3.05, 3.63) is 65.2 Å². The fourth-order valence-electron chi connectivity index (χ4n) is 5.89. The normalized spacial score (nSPS) is 24.8. The summed E-state index contributed by atoms with van der Waals surface area (Å²) in [6, 6.07) is 15.3. The SMILES string of the molecule is FC(F)(F)c1cccc(N2CCN(CCC3CCC(N4Cc5ccccc5C4)CC3)CC2)c1. The molecule has 0 spiro atoms. The maximum atomic E-state index is 13.0. The quantitative estimate of drug-likeness (QED) is 0.563. The van der Waals surface area contributed by atoms with Crippen molar-refractivity contribution in [2.45, 2.75) is 57.4 Å². The third-order valence-corrected chi connectivity index (χ3v) is 7.96. The van der Waals surface area contributed by atoms with Crippen molar-refractivity contribution in [2.75, 3.05) is 37.6 Å². The molecule has 6 heteroatoms. The predicted octanol–water partition coefficient (Wildman–Crippen LogP) is 5.79. The highest BCUT2D eigenvalue weighted by atomic mass is 19.4. The lowest BCUT2D eigenvalue weighted by Crippen LogP contribution is -2.47. The van der Waals surface area contributed by atoms with Crippen LogP contribution in [0.15, 0.2) is 48.5 Å². The molecule has 1 saturated heterocycles. The van der Waals surface area contributed by atoms with Crippen LogP contribution in [0.4, 0.5) is 18.9 Å². The molecule has 3 aliphatic rings. The Bertz CT molecular complexity index is 903. The number of anilines is 1. The van der Waals surface area contributed by atoms with Gasteiger partial charge in [0.25, 0.3) is 0 Å². The summed E-state index contributed by atoms with van der Waals surface area (Å²) in [5.41, 5.74) is 3.13. The van der Waals surface area contributed by atoms with Crippen LogP contribution in [0.3, 0.4) is 0 Å². The van der Waals surface area contributed by atoms with Crippen molar-refractivity contribution >= 4 is 5.69 Å². The van der Waals surface area contributed by atoms with E-state index in [0.717, 1.165) is 63.8 Å². The van der Waals surface area contributed by atoms with Crippen molar-refractivity contribution in [3.63, 3.8) is 0 Å². The number of fused-ring (bicyclic) bond motifs is 1. The Hall–Kier alpha value is -2.05. The molecule has 2 aliphatic heterocycles. The van der Waals surface area contributed by atoms with Gasteiger partial charge >= 0.3 is 6.18 Å². The van der Waals surface area contributed by atoms with E-state index >= 15 is 0 Å². The van der Waals surface area contributed by atoms with E-state index in [0.29, 0.717) is 5.69 Å². The molecule has 1 aliphatic carbocycles. The second-order valence-corrected chi connectivity index (χ2v) is 10.0. The van der Waals surface area contributed by atoms with Crippen molar-refractivity contribution < 1.29 is 13.2 Å². The first-order valence-electron chi connectivity index (χ1n) is 12.4. The summed E-state index contributed by atoms with van der Waals surface area (Å²) in [6.07, 6.45) is 2.22. The summed E-state index contributed by atoms with van der Waals surface area (Å²) < 4.78 is 39.1. The van der Waals surface area contributed by atoms with Gasteiger partial charge in [-0.25, -0.2) is 0 Å². The second-order valence-electron chi connectivity index (χ2n) is 10.0. The third-order valence-electron chi connectivity index (χ3n) is 7.96. The first-order chi connectivity index (χ1) is 16.0. The predicted molar refractivity (Wildman–Crippen MR) is 126 cm³/mol. The number of rotatable bonds is 5. The number of halogens is 3. The summed E-state index contributed by atoms with van der Waals surface area (Å²) in [7, 11) is 0. The Labute approximate surface area is 195 Å². The van der Waals surface area contributed by atoms with E-state index in [1.165, 1.54) is 55.4 Å². The van der Waals surface area contributed by atoms with Gasteiger partial charge in [0.15, 0.2) is 0 Å². The van der Waals surface area contributed by atoms with Crippen LogP contribution in [-0.4, -0.2) is 48.6 Å². The molecule has 0 radical (unpaired) electrons. The fourth-order valence-corrected chi connectivity index (χ4v) is 5.89. The molecular weight excluding hydrogens is 423 g/mol. The standard InChI is InChI=1S/C27H34F3N3/c28-27(29,30)24-6-3-7-26(18-24)32-16-14-31(15-17-32)13-12-21-8-10-25(11-9-21)33-19-22-4-1-2-5-23(22)20-33/h1-7,18,21,25H,8-17,19-20H2. The molecule has 178 valence electrons. The molecule has 0 N–H and O–H groups in total. The maximum Gasteiger partial charge on any atom is 0.416 e. The van der Waals surface area contributed by atoms with Crippen molar-refractivity contribution in [3.8, 4) is 0 Å². The highest BCUT2D eigenvalue weighted by Gasteiger charge is 2.32. The van der Waals surface area contributed by atoms with Crippen LogP contribution < -0.4 is 4.90 Å². The third kappa shape index (κ3) is 5.38. The van der Waals surface area contributed by atoms with Crippen LogP contribution in [-0.2, 0) is 19.3 Å². The van der Waals surface area contributed by atoms with Crippen LogP contribution in [0.5, 0.6) is 0 Å². The van der Waals surface area contributed by atoms with Gasteiger partial charge in [-0.3, -0.25) is 9.80 Å². The number of hydrogen-bond acceptors (Lipinski definition) is 3. The molecule has 3 nitrogen and oxygen atoms in total. The molecule has 33 heavy (non-hydrogen) atoms. The van der Waals surface area contributed by atoms with Gasteiger partial charge in [0, 0.05) is 51.0 Å². The zero-order chi connectivity index (χ0) is 22.8. The summed E-state index contributed by atoms with van der Waals surface area (Å²) >= 11 is 0. The molecule has 2 aromatic rings. The summed E-state index contributed by atoms with van der Waals surface area (Å²) in [5.74, 6) is 0.813. The zero-order valence-electron chi connectivity index (χ0n) is 19.2. The van der Waals surface area contributed by atoms with Crippen molar-refractivity contribution in [2.24, 2.45) is 5.92 Å². The summed E-state index contributed by atoms with van der Waals surface area (Å²) in [6.45, 7) is 6.78. The van der Waals surface area contributed by atoms with E-state index in [2.05, 4.69) is 39.0 Å². The van der Waals surface area contributed by atoms with E-state index in [4.69, 9.17) is 0 Å². The summed E-state index contributed by atoms with van der Waals surface area (Å²) in [4.78, 5) is 7.26. The minimum absolute atomic E-state index is 0.559. The van der Waals surface area contributed by atoms with E-state index in [1.54, 1.807) is 6.07 Å². The first kappa shape index (κ1) is 22.7. The van der Waals surface area contributed by atoms with Gasteiger partial charge in [0.2, 0.25) is 0 Å². The monoisotopic (exact) mass is 457 g/mol. The van der Waals surface area contributed by atoms with Gasteiger partial charge in [-0.1, -0.05) is 30.3 Å². The van der Waals surface area contributed by atoms with Crippen LogP contribution in [0.1, 0.15) is 48.8 Å². The topological polar surface area (TPSA) is 9.72 Å². The molecule has 2 heterocycles. The molecule has 1 saturated carbocycles. The Morgan fingerprint density at radius 1 is 0.788 bits per heavy atom. The molecular formula is C27H34F3N3. The first-order valence-corrected chi connectivity index (χ1v) is 12.4. The highest BCUT2D eigenvalue weighted by Crippen LogP contribution is 2.35. The molecule has 0 amide bonds. The molecule has 0 aromatic heterocycles. The highest BCUT2D eigenvalue weighted by molar-refractivity contribution is 5.49. The van der Waals surface area contributed by atoms with Gasteiger partial charge in [-0.15, -0.1) is 0 Å². The lowest BCUT2D eigenvalue weighted by Gasteiger charge is -2.38. The molecule has 0 bridgehead atoms. The Kier molecular flexibility index (Phi) is 6.66. The van der Waals surface area contributed by atoms with E-state index < -0.39 is 11.7 Å². The minimum Gasteiger partial charge on any atom is -0.369 e. The van der Waals surface area contributed by atoms with Crippen LogP contribution in [0, 0.1) is 5.92 Å². The van der Waals surface area contributed by atoms with Crippen molar-refractivity contribution in [1.82, 2.24) is 9.80 Å². The van der Waals surface area contributed by atoms with Crippen LogP contribution >= 0.6 is 0 Å². The molecule has 0 atom stereocenters. The van der Waals surface area contributed by atoms with Gasteiger partial charge < -0.3 is 4.90 Å². The average molecular weight is 458 g/mol. The number of hydrogen-bond donors (Lipinski definition) is 0. The van der Waals surface area contributed by atoms with Gasteiger partial charge in [0.05, 0.1) is 5.56 Å². The molecule has 5 rings (SSSR count). The number of piperazine rings is 1. The van der Waals surface area contributed by atoms with Gasteiger partial charge in [-0.05, 0) is 73.9 Å². The molecule has 0 unspecified atom stereocenters. The summed E-state index contributed by atoms with van der Waals surface area (Å²) in [5, 5.41) is 0. The Balaban J connectivity index is 1.03. The second kappa shape index (κ2) is 9.67. The fraction of sp³-hybridized carbons (Fsp3) is 0.556. The minimum atomic E-state index is -4.28. The lowest BCUT2D eigenvalue weighted by atomic mass is 9.83. The smallest absolute Gasteiger partial charge is 0.369 e. The largest absolute Gasteiger partial charge is 0.416 e. The molecule has 2 aromatic carbocycles. The number of nitrogens with zero attached hydrogens (tertiary/aromatic N) is 3. The number of alkyl halides is 3. The van der Waals surface area contributed by atoms with Crippen LogP contribution in [0.25, 0.3) is 0 Å². The molecule has 2 fully saturated rings. The van der Waals surface area contributed by atoms with Gasteiger partial charge in [0.1, 0.15) is 0 Å². The van der Waals surface area contributed by atoms with Crippen LogP contribution in [0.2, 0.25) is 0 Å². The van der Waals surface area contributed by atoms with E-state index in [1.807, 2.05) is 0 Å². The Morgan fingerprint density at radius 3 is 2.09 bits per heavy atom. The maximum absolute atomic E-state index is 13.0.